The summed E-state index contributed by atoms with van der Waals surface area (Å²) in [6.45, 7) is 1.47. The van der Waals surface area contributed by atoms with E-state index >= 15 is 0 Å². The highest BCUT2D eigenvalue weighted by Gasteiger charge is 2.19. The highest BCUT2D eigenvalue weighted by atomic mass is 32.2. The molecule has 0 aliphatic rings. The lowest BCUT2D eigenvalue weighted by molar-refractivity contribution is -0.152. The summed E-state index contributed by atoms with van der Waals surface area (Å²) in [5, 5.41) is 9.58. The highest BCUT2D eigenvalue weighted by molar-refractivity contribution is 7.89. The van der Waals surface area contributed by atoms with Crippen LogP contribution in [0.3, 0.4) is 0 Å². The zero-order valence-electron chi connectivity index (χ0n) is 15.7. The zero-order chi connectivity index (χ0) is 21.0. The first-order chi connectivity index (χ1) is 13.7. The Labute approximate surface area is 168 Å². The lowest BCUT2D eigenvalue weighted by atomic mass is 10.0. The summed E-state index contributed by atoms with van der Waals surface area (Å²) in [7, 11) is -3.81. The summed E-state index contributed by atoms with van der Waals surface area (Å²) >= 11 is 0. The normalized spacial score (nSPS) is 12.3. The van der Waals surface area contributed by atoms with Gasteiger partial charge in [-0.25, -0.2) is 13.6 Å². The van der Waals surface area contributed by atoms with Gasteiger partial charge in [0, 0.05) is 5.69 Å². The minimum Gasteiger partial charge on any atom is -0.452 e. The number of nitrogens with two attached hydrogens (primary N) is 1. The molecule has 0 aliphatic carbocycles. The van der Waals surface area contributed by atoms with E-state index < -0.39 is 28.0 Å². The first-order valence-electron chi connectivity index (χ1n) is 8.84. The van der Waals surface area contributed by atoms with Crippen molar-refractivity contribution in [3.8, 4) is 0 Å². The van der Waals surface area contributed by atoms with Gasteiger partial charge in [0.25, 0.3) is 5.91 Å². The summed E-state index contributed by atoms with van der Waals surface area (Å²) < 4.78 is 27.8. The van der Waals surface area contributed by atoms with Gasteiger partial charge in [-0.15, -0.1) is 0 Å². The van der Waals surface area contributed by atoms with Gasteiger partial charge in [0.05, 0.1) is 11.3 Å². The minimum absolute atomic E-state index is 0.0437. The number of hydrogen-bond donors (Lipinski definition) is 2. The third kappa shape index (κ3) is 5.18. The van der Waals surface area contributed by atoms with E-state index in [0.29, 0.717) is 5.69 Å². The number of fused-ring (bicyclic) bond motifs is 1. The molecule has 0 aliphatic heterocycles. The zero-order valence-corrected chi connectivity index (χ0v) is 16.5. The first kappa shape index (κ1) is 20.5. The Bertz CT molecular complexity index is 1150. The maximum Gasteiger partial charge on any atom is 0.311 e. The third-order valence-electron chi connectivity index (χ3n) is 4.34. The van der Waals surface area contributed by atoms with Crippen molar-refractivity contribution in [2.75, 3.05) is 5.32 Å². The Morgan fingerprint density at radius 1 is 1.00 bits per heavy atom. The number of sulfonamides is 1. The van der Waals surface area contributed by atoms with E-state index in [9.17, 15) is 18.0 Å². The predicted octanol–water partition coefficient (Wildman–Crippen LogP) is 2.60. The van der Waals surface area contributed by atoms with Crippen LogP contribution in [0.1, 0.15) is 12.5 Å². The molecule has 0 bridgehead atoms. The fraction of sp³-hybridized carbons (Fsp3) is 0.143. The average molecular weight is 412 g/mol. The molecule has 3 N–H and O–H groups in total. The fourth-order valence-corrected chi connectivity index (χ4v) is 3.38. The molecular weight excluding hydrogens is 392 g/mol. The number of primary sulfonamides is 1. The van der Waals surface area contributed by atoms with E-state index in [1.165, 1.54) is 31.2 Å². The minimum atomic E-state index is -3.81. The van der Waals surface area contributed by atoms with E-state index in [0.717, 1.165) is 16.3 Å². The van der Waals surface area contributed by atoms with Gasteiger partial charge in [-0.1, -0.05) is 42.5 Å². The molecule has 150 valence electrons. The van der Waals surface area contributed by atoms with Crippen molar-refractivity contribution in [2.45, 2.75) is 24.3 Å². The van der Waals surface area contributed by atoms with Gasteiger partial charge >= 0.3 is 5.97 Å². The maximum atomic E-state index is 12.3. The SMILES string of the molecule is C[C@@H](OC(=O)Cc1cccc2ccccc12)C(=O)Nc1ccc(S(N)(=O)=O)cc1. The number of carbonyl (C=O) groups excluding carboxylic acids is 2. The quantitative estimate of drug-likeness (QED) is 0.604. The molecule has 1 atom stereocenters. The third-order valence-corrected chi connectivity index (χ3v) is 5.27. The van der Waals surface area contributed by atoms with Crippen LogP contribution in [0.25, 0.3) is 10.8 Å². The van der Waals surface area contributed by atoms with E-state index in [1.807, 2.05) is 42.5 Å². The predicted molar refractivity (Wildman–Crippen MR) is 110 cm³/mol. The van der Waals surface area contributed by atoms with Gasteiger partial charge in [-0.2, -0.15) is 0 Å². The topological polar surface area (TPSA) is 116 Å². The van der Waals surface area contributed by atoms with Gasteiger partial charge in [-0.05, 0) is 47.5 Å². The standard InChI is InChI=1S/C21H20N2O5S/c1-14(21(25)23-17-9-11-18(12-10-17)29(22,26)27)28-20(24)13-16-7-4-6-15-5-2-3-8-19(15)16/h2-12,14H,13H2,1H3,(H,23,25)(H2,22,26,27)/t14-/m1/s1. The van der Waals surface area contributed by atoms with Crippen molar-refractivity contribution in [3.05, 3.63) is 72.3 Å². The van der Waals surface area contributed by atoms with E-state index in [1.54, 1.807) is 0 Å². The summed E-state index contributed by atoms with van der Waals surface area (Å²) in [6.07, 6.45) is -0.974. The summed E-state index contributed by atoms with van der Waals surface area (Å²) in [5.74, 6) is -1.05. The molecule has 3 aromatic rings. The number of amides is 1. The molecule has 0 aromatic heterocycles. The second-order valence-electron chi connectivity index (χ2n) is 6.51. The number of ether oxygens (including phenoxy) is 1. The van der Waals surface area contributed by atoms with E-state index in [4.69, 9.17) is 9.88 Å². The number of nitrogens with one attached hydrogen (secondary N) is 1. The number of benzene rings is 3. The molecule has 3 aromatic carbocycles. The lowest BCUT2D eigenvalue weighted by Gasteiger charge is -2.14. The highest BCUT2D eigenvalue weighted by Crippen LogP contribution is 2.19. The van der Waals surface area contributed by atoms with E-state index in [-0.39, 0.29) is 11.3 Å². The van der Waals surface area contributed by atoms with Gasteiger partial charge in [0.2, 0.25) is 10.0 Å². The van der Waals surface area contributed by atoms with Crippen LogP contribution >= 0.6 is 0 Å². The molecule has 3 rings (SSSR count). The molecule has 1 amide bonds. The van der Waals surface area contributed by atoms with Crippen molar-refractivity contribution in [1.29, 1.82) is 0 Å². The van der Waals surface area contributed by atoms with Crippen LogP contribution in [-0.4, -0.2) is 26.4 Å². The van der Waals surface area contributed by atoms with Gasteiger partial charge in [-0.3, -0.25) is 9.59 Å². The van der Waals surface area contributed by atoms with Gasteiger partial charge in [0.15, 0.2) is 6.10 Å². The second kappa shape index (κ2) is 8.42. The Morgan fingerprint density at radius 3 is 2.34 bits per heavy atom. The molecular formula is C21H20N2O5S. The number of carbonyl (C=O) groups is 2. The van der Waals surface area contributed by atoms with Gasteiger partial charge in [0.1, 0.15) is 0 Å². The monoisotopic (exact) mass is 412 g/mol. The number of esters is 1. The summed E-state index contributed by atoms with van der Waals surface area (Å²) in [6, 6.07) is 18.8. The van der Waals surface area contributed by atoms with Crippen molar-refractivity contribution in [2.24, 2.45) is 5.14 Å². The molecule has 29 heavy (non-hydrogen) atoms. The smallest absolute Gasteiger partial charge is 0.311 e. The van der Waals surface area contributed by atoms with Crippen LogP contribution in [0, 0.1) is 0 Å². The molecule has 0 spiro atoms. The molecule has 0 fully saturated rings. The van der Waals surface area contributed by atoms with Crippen LogP contribution in [0.15, 0.2) is 71.6 Å². The molecule has 8 heteroatoms. The molecule has 0 unspecified atom stereocenters. The maximum absolute atomic E-state index is 12.3. The number of anilines is 1. The fourth-order valence-electron chi connectivity index (χ4n) is 2.87. The van der Waals surface area contributed by atoms with Crippen molar-refractivity contribution in [3.63, 3.8) is 0 Å². The molecule has 0 radical (unpaired) electrons. The molecule has 0 saturated carbocycles. The Hall–Kier alpha value is -3.23. The van der Waals surface area contributed by atoms with Crippen LogP contribution in [0.4, 0.5) is 5.69 Å². The Morgan fingerprint density at radius 2 is 1.66 bits per heavy atom. The van der Waals surface area contributed by atoms with Crippen LogP contribution in [-0.2, 0) is 30.8 Å². The lowest BCUT2D eigenvalue weighted by Crippen LogP contribution is -2.30. The molecule has 0 heterocycles. The average Bonchev–Trinajstić information content (AvgIpc) is 2.68. The summed E-state index contributed by atoms with van der Waals surface area (Å²) in [5.41, 5.74) is 1.18. The van der Waals surface area contributed by atoms with Gasteiger partial charge < -0.3 is 10.1 Å². The number of rotatable bonds is 6. The van der Waals surface area contributed by atoms with Crippen LogP contribution in [0.5, 0.6) is 0 Å². The largest absolute Gasteiger partial charge is 0.452 e. The van der Waals surface area contributed by atoms with Crippen molar-refractivity contribution >= 4 is 38.4 Å². The second-order valence-corrected chi connectivity index (χ2v) is 8.07. The first-order valence-corrected chi connectivity index (χ1v) is 10.4. The van der Waals surface area contributed by atoms with Crippen molar-refractivity contribution < 1.29 is 22.7 Å². The number of hydrogen-bond acceptors (Lipinski definition) is 5. The molecule has 0 saturated heterocycles. The summed E-state index contributed by atoms with van der Waals surface area (Å²) in [4.78, 5) is 24.5. The Kier molecular flexibility index (Phi) is 5.95. The van der Waals surface area contributed by atoms with Crippen LogP contribution in [0.2, 0.25) is 0 Å². The van der Waals surface area contributed by atoms with Crippen LogP contribution < -0.4 is 10.5 Å². The molecule has 7 nitrogen and oxygen atoms in total. The Balaban J connectivity index is 1.61. The van der Waals surface area contributed by atoms with Crippen molar-refractivity contribution in [1.82, 2.24) is 0 Å². The van der Waals surface area contributed by atoms with E-state index in [2.05, 4.69) is 5.32 Å².